The summed E-state index contributed by atoms with van der Waals surface area (Å²) in [6.45, 7) is 3.12. The molecule has 0 fully saturated rings. The second kappa shape index (κ2) is 8.29. The number of fused-ring (bicyclic) bond motifs is 1. The van der Waals surface area contributed by atoms with E-state index in [-0.39, 0.29) is 6.61 Å². The number of esters is 1. The van der Waals surface area contributed by atoms with Gasteiger partial charge in [0.15, 0.2) is 0 Å². The van der Waals surface area contributed by atoms with Gasteiger partial charge in [-0.05, 0) is 36.8 Å². The molecule has 27 heavy (non-hydrogen) atoms. The molecule has 1 aromatic rings. The van der Waals surface area contributed by atoms with E-state index >= 15 is 0 Å². The topological polar surface area (TPSA) is 83.0 Å². The molecule has 0 aromatic heterocycles. The third-order valence-electron chi connectivity index (χ3n) is 4.22. The van der Waals surface area contributed by atoms with Crippen molar-refractivity contribution in [2.45, 2.75) is 25.5 Å². The number of likely N-dealkylation sites (N-methyl/N-ethyl adjacent to an activating group) is 1. The van der Waals surface area contributed by atoms with Crippen LogP contribution in [0.3, 0.4) is 0 Å². The van der Waals surface area contributed by atoms with Gasteiger partial charge in [0, 0.05) is 41.5 Å². The van der Waals surface area contributed by atoms with Crippen LogP contribution in [0.25, 0.3) is 0 Å². The second-order valence-corrected chi connectivity index (χ2v) is 7.11. The molecule has 1 unspecified atom stereocenters. The van der Waals surface area contributed by atoms with Crippen LogP contribution in [0.4, 0.5) is 0 Å². The maximum Gasteiger partial charge on any atom is 0.342 e. The van der Waals surface area contributed by atoms with E-state index in [0.717, 1.165) is 5.70 Å². The van der Waals surface area contributed by atoms with Crippen molar-refractivity contribution in [1.29, 1.82) is 0 Å². The molecule has 0 saturated heterocycles. The Bertz CT molecular complexity index is 792. The fraction of sp³-hybridized carbons (Fsp3) is 0.389. The molecular weight excluding hydrogens is 391 g/mol. The smallest absolute Gasteiger partial charge is 0.342 e. The molecule has 2 N–H and O–H groups in total. The zero-order chi connectivity index (χ0) is 19.4. The lowest BCUT2D eigenvalue weighted by atomic mass is 9.99. The van der Waals surface area contributed by atoms with Crippen molar-refractivity contribution in [1.82, 2.24) is 15.8 Å². The van der Waals surface area contributed by atoms with Gasteiger partial charge in [0.25, 0.3) is 5.91 Å². The molecule has 0 bridgehead atoms. The maximum absolute atomic E-state index is 12.9. The Morgan fingerprint density at radius 3 is 2.78 bits per heavy atom. The van der Waals surface area contributed by atoms with E-state index in [1.807, 2.05) is 6.21 Å². The van der Waals surface area contributed by atoms with Gasteiger partial charge in [0.1, 0.15) is 6.61 Å². The molecule has 3 rings (SSSR count). The summed E-state index contributed by atoms with van der Waals surface area (Å²) in [6.07, 6.45) is 4.13. The molecule has 1 atom stereocenters. The van der Waals surface area contributed by atoms with Crippen LogP contribution in [0.15, 0.2) is 35.0 Å². The number of hydrazine groups is 1. The van der Waals surface area contributed by atoms with Gasteiger partial charge in [-0.15, -0.1) is 0 Å². The largest absolute Gasteiger partial charge is 0.459 e. The van der Waals surface area contributed by atoms with Crippen molar-refractivity contribution in [3.05, 3.63) is 45.6 Å². The minimum absolute atomic E-state index is 0.0523. The predicted molar refractivity (Wildman–Crippen MR) is 104 cm³/mol. The van der Waals surface area contributed by atoms with Gasteiger partial charge >= 0.3 is 5.97 Å². The number of nitrogens with zero attached hydrogens (tertiary/aromatic N) is 2. The van der Waals surface area contributed by atoms with Gasteiger partial charge in [0.2, 0.25) is 5.54 Å². The standard InChI is InChI=1S/C18H20Cl2N4O3/c1-2-22-16(25)18(9-15-10-21-4-3-5-24(15)23-18)17(26)27-11-12-6-13(19)8-14(20)7-12/h4,6-9,23H,2-3,5,10-11H2,1H3,(H,22,25). The van der Waals surface area contributed by atoms with Crippen LogP contribution in [0, 0.1) is 0 Å². The van der Waals surface area contributed by atoms with Crippen LogP contribution >= 0.6 is 23.2 Å². The molecule has 9 heteroatoms. The SMILES string of the molecule is CCNC(=O)C1(C(=O)OCc2cc(Cl)cc(Cl)c2)C=C2CN=CCCN2N1. The molecule has 0 spiro atoms. The van der Waals surface area contributed by atoms with Gasteiger partial charge in [-0.1, -0.05) is 23.2 Å². The van der Waals surface area contributed by atoms with Crippen molar-refractivity contribution < 1.29 is 14.3 Å². The summed E-state index contributed by atoms with van der Waals surface area (Å²) in [5.41, 5.74) is 2.79. The zero-order valence-electron chi connectivity index (χ0n) is 14.8. The fourth-order valence-electron chi connectivity index (χ4n) is 2.98. The van der Waals surface area contributed by atoms with E-state index < -0.39 is 17.4 Å². The van der Waals surface area contributed by atoms with E-state index in [2.05, 4.69) is 15.7 Å². The third-order valence-corrected chi connectivity index (χ3v) is 4.65. The van der Waals surface area contributed by atoms with Crippen molar-refractivity contribution in [2.24, 2.45) is 4.99 Å². The molecule has 2 aliphatic heterocycles. The Morgan fingerprint density at radius 2 is 2.07 bits per heavy atom. The first kappa shape index (κ1) is 19.7. The lowest BCUT2D eigenvalue weighted by Gasteiger charge is -2.28. The summed E-state index contributed by atoms with van der Waals surface area (Å²) in [7, 11) is 0. The lowest BCUT2D eigenvalue weighted by molar-refractivity contribution is -0.156. The molecule has 1 amide bonds. The molecule has 144 valence electrons. The van der Waals surface area contributed by atoms with E-state index in [9.17, 15) is 9.59 Å². The molecular formula is C18H20Cl2N4O3. The number of carbonyl (C=O) groups excluding carboxylic acids is 2. The Hall–Kier alpha value is -2.09. The minimum atomic E-state index is -1.62. The number of benzene rings is 1. The summed E-state index contributed by atoms with van der Waals surface area (Å²) in [6, 6.07) is 4.90. The highest BCUT2D eigenvalue weighted by atomic mass is 35.5. The van der Waals surface area contributed by atoms with Gasteiger partial charge in [0.05, 0.1) is 6.54 Å². The first-order valence-corrected chi connectivity index (χ1v) is 9.36. The molecule has 0 saturated carbocycles. The Morgan fingerprint density at radius 1 is 1.33 bits per heavy atom. The number of amides is 1. The van der Waals surface area contributed by atoms with Crippen LogP contribution in [-0.4, -0.2) is 48.3 Å². The quantitative estimate of drug-likeness (QED) is 0.573. The summed E-state index contributed by atoms with van der Waals surface area (Å²) in [5.74, 6) is -1.17. The van der Waals surface area contributed by atoms with Crippen LogP contribution in [0.2, 0.25) is 10.0 Å². The molecule has 0 radical (unpaired) electrons. The summed E-state index contributed by atoms with van der Waals surface area (Å²) in [4.78, 5) is 29.9. The first-order valence-electron chi connectivity index (χ1n) is 8.60. The van der Waals surface area contributed by atoms with Crippen molar-refractivity contribution in [3.8, 4) is 0 Å². The monoisotopic (exact) mass is 410 g/mol. The van der Waals surface area contributed by atoms with Crippen molar-refractivity contribution in [3.63, 3.8) is 0 Å². The van der Waals surface area contributed by atoms with Crippen LogP contribution in [0.5, 0.6) is 0 Å². The summed E-state index contributed by atoms with van der Waals surface area (Å²) in [5, 5.41) is 5.36. The number of halogens is 2. The van der Waals surface area contributed by atoms with Crippen LogP contribution < -0.4 is 10.7 Å². The number of nitrogens with one attached hydrogen (secondary N) is 2. The van der Waals surface area contributed by atoms with Gasteiger partial charge in [-0.3, -0.25) is 9.79 Å². The van der Waals surface area contributed by atoms with Crippen LogP contribution in [0.1, 0.15) is 18.9 Å². The second-order valence-electron chi connectivity index (χ2n) is 6.23. The number of aliphatic imine (C=N–C) groups is 1. The van der Waals surface area contributed by atoms with Crippen molar-refractivity contribution in [2.75, 3.05) is 19.6 Å². The Kier molecular flexibility index (Phi) is 6.04. The Balaban J connectivity index is 1.82. The number of rotatable bonds is 5. The first-order chi connectivity index (χ1) is 12.9. The van der Waals surface area contributed by atoms with E-state index in [4.69, 9.17) is 27.9 Å². The number of ether oxygens (including phenoxy) is 1. The lowest BCUT2D eigenvalue weighted by Crippen LogP contribution is -2.62. The highest BCUT2D eigenvalue weighted by molar-refractivity contribution is 6.34. The molecule has 7 nitrogen and oxygen atoms in total. The average Bonchev–Trinajstić information content (AvgIpc) is 2.86. The number of hydrogen-bond acceptors (Lipinski definition) is 6. The number of carbonyl (C=O) groups is 2. The average molecular weight is 411 g/mol. The third kappa shape index (κ3) is 4.26. The normalized spacial score (nSPS) is 21.3. The summed E-state index contributed by atoms with van der Waals surface area (Å²) < 4.78 is 5.44. The Labute approximate surface area is 167 Å². The number of hydrogen-bond donors (Lipinski definition) is 2. The van der Waals surface area contributed by atoms with Crippen molar-refractivity contribution >= 4 is 41.3 Å². The predicted octanol–water partition coefficient (Wildman–Crippen LogP) is 2.09. The van der Waals surface area contributed by atoms with Gasteiger partial charge in [-0.2, -0.15) is 0 Å². The van der Waals surface area contributed by atoms with Gasteiger partial charge < -0.3 is 15.1 Å². The highest BCUT2D eigenvalue weighted by Crippen LogP contribution is 2.26. The fourth-order valence-corrected chi connectivity index (χ4v) is 3.55. The van der Waals surface area contributed by atoms with Gasteiger partial charge in [-0.25, -0.2) is 10.2 Å². The molecule has 1 aromatic carbocycles. The highest BCUT2D eigenvalue weighted by Gasteiger charge is 2.51. The van der Waals surface area contributed by atoms with E-state index in [1.54, 1.807) is 36.2 Å². The minimum Gasteiger partial charge on any atom is -0.459 e. The summed E-state index contributed by atoms with van der Waals surface area (Å²) >= 11 is 12.0. The van der Waals surface area contributed by atoms with E-state index in [1.165, 1.54) is 0 Å². The van der Waals surface area contributed by atoms with Crippen LogP contribution in [-0.2, 0) is 20.9 Å². The molecule has 2 aliphatic rings. The van der Waals surface area contributed by atoms with E-state index in [0.29, 0.717) is 41.7 Å². The molecule has 2 heterocycles. The zero-order valence-corrected chi connectivity index (χ0v) is 16.3. The maximum atomic E-state index is 12.9. The molecule has 0 aliphatic carbocycles.